The van der Waals surface area contributed by atoms with Crippen LogP contribution in [0, 0.1) is 6.92 Å². The first kappa shape index (κ1) is 13.5. The van der Waals surface area contributed by atoms with Gasteiger partial charge >= 0.3 is 5.97 Å². The summed E-state index contributed by atoms with van der Waals surface area (Å²) in [5.41, 5.74) is 0.165. The first-order valence-corrected chi connectivity index (χ1v) is 5.60. The number of amides is 1. The molecule has 2 aromatic rings. The largest absolute Gasteiger partial charge is 0.477 e. The molecule has 2 aromatic heterocycles. The van der Waals surface area contributed by atoms with E-state index < -0.39 is 11.9 Å². The van der Waals surface area contributed by atoms with Crippen molar-refractivity contribution in [2.24, 2.45) is 0 Å². The molecule has 0 bridgehead atoms. The fourth-order valence-corrected chi connectivity index (χ4v) is 1.37. The molecule has 0 atom stereocenters. The van der Waals surface area contributed by atoms with Crippen LogP contribution in [0.3, 0.4) is 0 Å². The lowest BCUT2D eigenvalue weighted by Crippen LogP contribution is -2.20. The quantitative estimate of drug-likeness (QED) is 0.840. The van der Waals surface area contributed by atoms with Gasteiger partial charge in [-0.25, -0.2) is 9.78 Å². The summed E-state index contributed by atoms with van der Waals surface area (Å²) in [4.78, 5) is 26.0. The highest BCUT2D eigenvalue weighted by Gasteiger charge is 2.09. The molecule has 2 rings (SSSR count). The number of ether oxygens (including phenoxy) is 1. The predicted octanol–water partition coefficient (Wildman–Crippen LogP) is 1.09. The third-order valence-electron chi connectivity index (χ3n) is 2.22. The van der Waals surface area contributed by atoms with E-state index in [1.165, 1.54) is 18.3 Å². The second kappa shape index (κ2) is 5.83. The van der Waals surface area contributed by atoms with Gasteiger partial charge in [0, 0.05) is 18.0 Å². The fourth-order valence-electron chi connectivity index (χ4n) is 1.37. The number of nitrogens with one attached hydrogen (secondary N) is 1. The Bertz CT molecular complexity index is 638. The number of nitrogens with zero attached hydrogens (tertiary/aromatic N) is 2. The molecule has 0 aromatic carbocycles. The van der Waals surface area contributed by atoms with Crippen LogP contribution >= 0.6 is 0 Å². The van der Waals surface area contributed by atoms with Crippen molar-refractivity contribution in [1.82, 2.24) is 10.1 Å². The van der Waals surface area contributed by atoms with Gasteiger partial charge in [-0.05, 0) is 24.2 Å². The van der Waals surface area contributed by atoms with Crippen molar-refractivity contribution in [1.29, 1.82) is 0 Å². The molecule has 8 nitrogen and oxygen atoms in total. The van der Waals surface area contributed by atoms with Crippen LogP contribution in [0.2, 0.25) is 0 Å². The molecule has 0 unspecified atom stereocenters. The SMILES string of the molecule is Cc1cc(OCC(=O)Nc2ccnc(C(=O)O)c2)no1. The van der Waals surface area contributed by atoms with E-state index in [1.807, 2.05) is 0 Å². The highest BCUT2D eigenvalue weighted by molar-refractivity contribution is 5.93. The van der Waals surface area contributed by atoms with Crippen LogP contribution in [-0.2, 0) is 4.79 Å². The number of aromatic carboxylic acids is 1. The van der Waals surface area contributed by atoms with Crippen molar-refractivity contribution < 1.29 is 24.0 Å². The molecule has 2 N–H and O–H groups in total. The van der Waals surface area contributed by atoms with E-state index in [-0.39, 0.29) is 18.2 Å². The molecule has 0 aliphatic rings. The van der Waals surface area contributed by atoms with Crippen molar-refractivity contribution in [3.8, 4) is 5.88 Å². The van der Waals surface area contributed by atoms with Gasteiger partial charge in [-0.1, -0.05) is 0 Å². The Kier molecular flexibility index (Phi) is 3.94. The van der Waals surface area contributed by atoms with Gasteiger partial charge in [-0.3, -0.25) is 4.79 Å². The first-order valence-electron chi connectivity index (χ1n) is 5.60. The lowest BCUT2D eigenvalue weighted by molar-refractivity contribution is -0.118. The minimum atomic E-state index is -1.17. The molecule has 0 aliphatic heterocycles. The van der Waals surface area contributed by atoms with Crippen LogP contribution in [0.25, 0.3) is 0 Å². The summed E-state index contributed by atoms with van der Waals surface area (Å²) in [6.07, 6.45) is 1.29. The van der Waals surface area contributed by atoms with Crippen molar-refractivity contribution in [2.45, 2.75) is 6.92 Å². The third kappa shape index (κ3) is 3.55. The number of hydrogen-bond acceptors (Lipinski definition) is 6. The van der Waals surface area contributed by atoms with E-state index in [1.54, 1.807) is 13.0 Å². The third-order valence-corrected chi connectivity index (χ3v) is 2.22. The number of carbonyl (C=O) groups is 2. The first-order chi connectivity index (χ1) is 9.54. The van der Waals surface area contributed by atoms with E-state index >= 15 is 0 Å². The van der Waals surface area contributed by atoms with Crippen LogP contribution in [0.5, 0.6) is 5.88 Å². The summed E-state index contributed by atoms with van der Waals surface area (Å²) in [7, 11) is 0. The Morgan fingerprint density at radius 3 is 2.90 bits per heavy atom. The molecule has 0 saturated carbocycles. The van der Waals surface area contributed by atoms with E-state index in [4.69, 9.17) is 14.4 Å². The minimum Gasteiger partial charge on any atom is -0.477 e. The molecular formula is C12H11N3O5. The number of carboxylic acids is 1. The van der Waals surface area contributed by atoms with E-state index in [9.17, 15) is 9.59 Å². The average molecular weight is 277 g/mol. The second-order valence-corrected chi connectivity index (χ2v) is 3.85. The Labute approximate surface area is 113 Å². The van der Waals surface area contributed by atoms with Crippen LogP contribution in [0.4, 0.5) is 5.69 Å². The normalized spacial score (nSPS) is 10.1. The topological polar surface area (TPSA) is 115 Å². The molecule has 104 valence electrons. The number of pyridine rings is 1. The molecule has 2 heterocycles. The summed E-state index contributed by atoms with van der Waals surface area (Å²) < 4.78 is 9.87. The van der Waals surface area contributed by atoms with Crippen LogP contribution in [-0.4, -0.2) is 33.7 Å². The van der Waals surface area contributed by atoms with Crippen LogP contribution in [0.15, 0.2) is 28.9 Å². The van der Waals surface area contributed by atoms with Crippen molar-refractivity contribution in [2.75, 3.05) is 11.9 Å². The number of carboxylic acid groups (broad SMARTS) is 1. The summed E-state index contributed by atoms with van der Waals surface area (Å²) in [5.74, 6) is -0.845. The Morgan fingerprint density at radius 1 is 1.45 bits per heavy atom. The van der Waals surface area contributed by atoms with E-state index in [0.29, 0.717) is 11.4 Å². The molecule has 0 aliphatic carbocycles. The lowest BCUT2D eigenvalue weighted by Gasteiger charge is -2.05. The van der Waals surface area contributed by atoms with Crippen LogP contribution in [0.1, 0.15) is 16.2 Å². The van der Waals surface area contributed by atoms with Gasteiger partial charge in [0.1, 0.15) is 11.5 Å². The van der Waals surface area contributed by atoms with Crippen LogP contribution < -0.4 is 10.1 Å². The minimum absolute atomic E-state index is 0.157. The smallest absolute Gasteiger partial charge is 0.354 e. The van der Waals surface area contributed by atoms with Gasteiger partial charge in [-0.15, -0.1) is 0 Å². The monoisotopic (exact) mass is 277 g/mol. The number of anilines is 1. The zero-order valence-corrected chi connectivity index (χ0v) is 10.5. The van der Waals surface area contributed by atoms with Gasteiger partial charge < -0.3 is 19.7 Å². The summed E-state index contributed by atoms with van der Waals surface area (Å²) in [6.45, 7) is 1.43. The zero-order chi connectivity index (χ0) is 14.5. The number of aryl methyl sites for hydroxylation is 1. The molecule has 0 radical (unpaired) electrons. The molecule has 0 spiro atoms. The summed E-state index contributed by atoms with van der Waals surface area (Å²) in [5, 5.41) is 14.8. The number of aromatic nitrogens is 2. The molecule has 20 heavy (non-hydrogen) atoms. The zero-order valence-electron chi connectivity index (χ0n) is 10.5. The maximum Gasteiger partial charge on any atom is 0.354 e. The Morgan fingerprint density at radius 2 is 2.25 bits per heavy atom. The standard InChI is InChI=1S/C12H11N3O5/c1-7-4-11(15-20-7)19-6-10(16)14-8-2-3-13-9(5-8)12(17)18/h2-5H,6H2,1H3,(H,17,18)(H,13,14,16). The van der Waals surface area contributed by atoms with Gasteiger partial charge in [0.15, 0.2) is 6.61 Å². The fraction of sp³-hybridized carbons (Fsp3) is 0.167. The van der Waals surface area contributed by atoms with E-state index in [2.05, 4.69) is 15.5 Å². The van der Waals surface area contributed by atoms with Crippen molar-refractivity contribution in [3.05, 3.63) is 35.9 Å². The van der Waals surface area contributed by atoms with Crippen molar-refractivity contribution in [3.63, 3.8) is 0 Å². The highest BCUT2D eigenvalue weighted by Crippen LogP contribution is 2.11. The maximum atomic E-state index is 11.6. The Hall–Kier alpha value is -2.90. The molecular weight excluding hydrogens is 266 g/mol. The maximum absolute atomic E-state index is 11.6. The molecule has 1 amide bonds. The van der Waals surface area contributed by atoms with Gasteiger partial charge in [-0.2, -0.15) is 0 Å². The summed E-state index contributed by atoms with van der Waals surface area (Å²) >= 11 is 0. The summed E-state index contributed by atoms with van der Waals surface area (Å²) in [6, 6.07) is 4.27. The molecule has 0 fully saturated rings. The number of carbonyl (C=O) groups excluding carboxylic acids is 1. The predicted molar refractivity (Wildman–Crippen MR) is 66.6 cm³/mol. The number of rotatable bonds is 5. The highest BCUT2D eigenvalue weighted by atomic mass is 16.5. The van der Waals surface area contributed by atoms with Crippen molar-refractivity contribution >= 4 is 17.6 Å². The molecule has 0 saturated heterocycles. The van der Waals surface area contributed by atoms with Gasteiger partial charge in [0.25, 0.3) is 11.8 Å². The molecule has 8 heteroatoms. The number of hydrogen-bond donors (Lipinski definition) is 2. The van der Waals surface area contributed by atoms with E-state index in [0.717, 1.165) is 0 Å². The average Bonchev–Trinajstić information content (AvgIpc) is 2.82. The lowest BCUT2D eigenvalue weighted by atomic mass is 10.3. The Balaban J connectivity index is 1.91. The second-order valence-electron chi connectivity index (χ2n) is 3.85. The van der Waals surface area contributed by atoms with Gasteiger partial charge in [0.2, 0.25) is 0 Å². The van der Waals surface area contributed by atoms with Gasteiger partial charge in [0.05, 0.1) is 0 Å².